The monoisotopic (exact) mass is 312 g/mol. The van der Waals surface area contributed by atoms with Crippen LogP contribution in [0.2, 0.25) is 0 Å². The Balaban J connectivity index is 5.47. The highest BCUT2D eigenvalue weighted by Crippen LogP contribution is 2.65. The zero-order chi connectivity index (χ0) is 14.2. The molecule has 0 aliphatic rings. The van der Waals surface area contributed by atoms with E-state index in [9.17, 15) is 13.7 Å². The largest absolute Gasteiger partial charge is 0.340 e. The summed E-state index contributed by atoms with van der Waals surface area (Å²) in [4.78, 5) is 53.1. The molecule has 0 radical (unpaired) electrons. The van der Waals surface area contributed by atoms with Crippen molar-refractivity contribution in [2.24, 2.45) is 5.92 Å². The van der Waals surface area contributed by atoms with E-state index in [4.69, 9.17) is 29.4 Å². The highest BCUT2D eigenvalue weighted by molar-refractivity contribution is 7.71. The Kier molecular flexibility index (Phi) is 5.35. The van der Waals surface area contributed by atoms with Gasteiger partial charge in [0, 0.05) is 0 Å². The third-order valence-electron chi connectivity index (χ3n) is 2.45. The van der Waals surface area contributed by atoms with Crippen LogP contribution in [0.15, 0.2) is 0 Å². The van der Waals surface area contributed by atoms with Crippen molar-refractivity contribution in [1.29, 1.82) is 0 Å². The zero-order valence-corrected chi connectivity index (χ0v) is 11.7. The van der Waals surface area contributed by atoms with Gasteiger partial charge in [-0.15, -0.1) is 0 Å². The molecule has 0 saturated carbocycles. The average molecular weight is 312 g/mol. The van der Waals surface area contributed by atoms with Gasteiger partial charge in [0.15, 0.2) is 5.40 Å². The van der Waals surface area contributed by atoms with Crippen LogP contribution in [0, 0.1) is 5.92 Å². The molecule has 0 saturated heterocycles. The smallest absolute Gasteiger partial charge is 0.324 e. The number of rotatable bonds is 5. The molecule has 0 aromatic heterocycles. The number of hydrogen-bond acceptors (Lipinski definition) is 3. The van der Waals surface area contributed by atoms with Gasteiger partial charge >= 0.3 is 22.8 Å². The summed E-state index contributed by atoms with van der Waals surface area (Å²) in [6.45, 7) is 1.95. The van der Waals surface area contributed by atoms with E-state index in [1.54, 1.807) is 0 Å². The maximum Gasteiger partial charge on any atom is 0.340 e. The van der Waals surface area contributed by atoms with Gasteiger partial charge in [-0.2, -0.15) is 0 Å². The van der Waals surface area contributed by atoms with Crippen molar-refractivity contribution in [1.82, 2.24) is 0 Å². The molecule has 0 heterocycles. The molecule has 104 valence electrons. The minimum absolute atomic E-state index is 0.976. The fourth-order valence-electron chi connectivity index (χ4n) is 1.36. The van der Waals surface area contributed by atoms with Crippen LogP contribution in [0.1, 0.15) is 13.8 Å². The van der Waals surface area contributed by atoms with Gasteiger partial charge in [0.2, 0.25) is 0 Å². The van der Waals surface area contributed by atoms with Crippen LogP contribution in [0.25, 0.3) is 0 Å². The molecule has 0 aromatic carbocycles. The van der Waals surface area contributed by atoms with E-state index in [-0.39, 0.29) is 0 Å². The Bertz CT molecular complexity index is 379. The van der Waals surface area contributed by atoms with Gasteiger partial charge in [-0.1, -0.05) is 13.8 Å². The summed E-state index contributed by atoms with van der Waals surface area (Å²) < 4.78 is 32.9. The van der Waals surface area contributed by atoms with Gasteiger partial charge in [0.25, 0.3) is 0 Å². The minimum atomic E-state index is -5.18. The second kappa shape index (κ2) is 5.21. The first-order valence-electron chi connectivity index (χ1n) is 4.34. The Labute approximate surface area is 97.4 Å². The molecule has 9 nitrogen and oxygen atoms in total. The van der Waals surface area contributed by atoms with Crippen molar-refractivity contribution < 1.29 is 43.1 Å². The molecular weight excluding hydrogens is 297 g/mol. The molecule has 0 aliphatic carbocycles. The SMILES string of the molecule is CC(C(C)P(=O)(O)O)C(P(=O)(O)O)P(=O)(O)O. The predicted octanol–water partition coefficient (Wildman–Crippen LogP) is -0.130. The zero-order valence-electron chi connectivity index (χ0n) is 8.98. The molecule has 0 aromatic rings. The average Bonchev–Trinajstić information content (AvgIpc) is 1.94. The van der Waals surface area contributed by atoms with Crippen molar-refractivity contribution >= 4 is 22.8 Å². The second-order valence-corrected chi connectivity index (χ2v) is 9.65. The standard InChI is InChI=1S/C5H15O9P3/c1-3(4(2)15(6,7)8)5(16(9,10)11)17(12,13)14/h3-5H,1-2H3,(H2,6,7,8)(H2,9,10,11)(H2,12,13,14). The Morgan fingerprint density at radius 1 is 0.706 bits per heavy atom. The first-order chi connectivity index (χ1) is 7.19. The highest BCUT2D eigenvalue weighted by atomic mass is 31.2. The lowest BCUT2D eigenvalue weighted by atomic mass is 10.1. The van der Waals surface area contributed by atoms with Crippen molar-refractivity contribution in [3.8, 4) is 0 Å². The van der Waals surface area contributed by atoms with Crippen LogP contribution < -0.4 is 0 Å². The third-order valence-corrected chi connectivity index (χ3v) is 8.11. The van der Waals surface area contributed by atoms with Crippen molar-refractivity contribution in [2.45, 2.75) is 24.9 Å². The molecular formula is C5H15O9P3. The summed E-state index contributed by atoms with van der Waals surface area (Å²) >= 11 is 0. The predicted molar refractivity (Wildman–Crippen MR) is 58.5 cm³/mol. The fourth-order valence-corrected chi connectivity index (χ4v) is 5.73. The molecule has 17 heavy (non-hydrogen) atoms. The van der Waals surface area contributed by atoms with E-state index in [1.807, 2.05) is 0 Å². The summed E-state index contributed by atoms with van der Waals surface area (Å²) in [5.74, 6) is -1.54. The molecule has 0 aliphatic heterocycles. The van der Waals surface area contributed by atoms with Gasteiger partial charge in [-0.25, -0.2) is 0 Å². The second-order valence-electron chi connectivity index (χ2n) is 3.78. The van der Waals surface area contributed by atoms with Gasteiger partial charge in [0.05, 0.1) is 5.66 Å². The summed E-state index contributed by atoms with van der Waals surface area (Å²) in [5, 5.41) is -2.42. The molecule has 2 atom stereocenters. The van der Waals surface area contributed by atoms with Crippen molar-refractivity contribution in [3.63, 3.8) is 0 Å². The van der Waals surface area contributed by atoms with E-state index in [0.717, 1.165) is 13.8 Å². The molecule has 0 rings (SSSR count). The topological polar surface area (TPSA) is 173 Å². The molecule has 0 spiro atoms. The van der Waals surface area contributed by atoms with Crippen molar-refractivity contribution in [2.75, 3.05) is 0 Å². The first kappa shape index (κ1) is 17.4. The quantitative estimate of drug-likeness (QED) is 0.378. The Hall–Kier alpha value is 0.450. The minimum Gasteiger partial charge on any atom is -0.324 e. The summed E-state index contributed by atoms with van der Waals surface area (Å²) in [6.07, 6.45) is 0. The van der Waals surface area contributed by atoms with Gasteiger partial charge in [-0.3, -0.25) is 13.7 Å². The van der Waals surface area contributed by atoms with Crippen LogP contribution in [-0.4, -0.2) is 40.4 Å². The van der Waals surface area contributed by atoms with Crippen LogP contribution >= 0.6 is 22.8 Å². The van der Waals surface area contributed by atoms with Crippen LogP contribution in [0.5, 0.6) is 0 Å². The lowest BCUT2D eigenvalue weighted by Crippen LogP contribution is -2.28. The van der Waals surface area contributed by atoms with Crippen LogP contribution in [0.3, 0.4) is 0 Å². The van der Waals surface area contributed by atoms with E-state index in [0.29, 0.717) is 0 Å². The van der Waals surface area contributed by atoms with E-state index < -0.39 is 39.8 Å². The maximum atomic E-state index is 11.0. The van der Waals surface area contributed by atoms with Gasteiger partial charge in [-0.05, 0) is 5.92 Å². The Morgan fingerprint density at radius 3 is 1.18 bits per heavy atom. The Morgan fingerprint density at radius 2 is 1.00 bits per heavy atom. The highest BCUT2D eigenvalue weighted by Gasteiger charge is 2.51. The van der Waals surface area contributed by atoms with E-state index in [2.05, 4.69) is 0 Å². The molecule has 2 unspecified atom stereocenters. The van der Waals surface area contributed by atoms with E-state index in [1.165, 1.54) is 0 Å². The maximum absolute atomic E-state index is 11.0. The lowest BCUT2D eigenvalue weighted by Gasteiger charge is -2.29. The third kappa shape index (κ3) is 4.91. The van der Waals surface area contributed by atoms with Crippen LogP contribution in [-0.2, 0) is 13.7 Å². The van der Waals surface area contributed by atoms with E-state index >= 15 is 0 Å². The fraction of sp³-hybridized carbons (Fsp3) is 1.00. The van der Waals surface area contributed by atoms with Crippen molar-refractivity contribution in [3.05, 3.63) is 0 Å². The van der Waals surface area contributed by atoms with Gasteiger partial charge < -0.3 is 29.4 Å². The lowest BCUT2D eigenvalue weighted by molar-refractivity contribution is 0.307. The first-order valence-corrected chi connectivity index (χ1v) is 9.39. The summed E-state index contributed by atoms with van der Waals surface area (Å²) in [6, 6.07) is 0. The van der Waals surface area contributed by atoms with Gasteiger partial charge in [0.1, 0.15) is 0 Å². The summed E-state index contributed by atoms with van der Waals surface area (Å²) in [7, 11) is -15.1. The molecule has 0 bridgehead atoms. The summed E-state index contributed by atoms with van der Waals surface area (Å²) in [5.41, 5.74) is -1.58. The molecule has 6 N–H and O–H groups in total. The molecule has 0 amide bonds. The van der Waals surface area contributed by atoms with Crippen LogP contribution in [0.4, 0.5) is 0 Å². The normalized spacial score (nSPS) is 18.2. The molecule has 12 heteroatoms. The molecule has 0 fully saturated rings. The number of hydrogen-bond donors (Lipinski definition) is 6.